The summed E-state index contributed by atoms with van der Waals surface area (Å²) in [6.07, 6.45) is 2.24. The van der Waals surface area contributed by atoms with Crippen molar-refractivity contribution in [2.75, 3.05) is 18.9 Å². The lowest BCUT2D eigenvalue weighted by Gasteiger charge is -2.22. The van der Waals surface area contributed by atoms with Crippen molar-refractivity contribution >= 4 is 28.4 Å². The summed E-state index contributed by atoms with van der Waals surface area (Å²) >= 11 is 1.94. The van der Waals surface area contributed by atoms with Gasteiger partial charge in [-0.2, -0.15) is 0 Å². The number of hydrogen-bond acceptors (Lipinski definition) is 4. The highest BCUT2D eigenvalue weighted by Crippen LogP contribution is 2.35. The molecule has 2 heterocycles. The Morgan fingerprint density at radius 2 is 2.05 bits per heavy atom. The molecule has 4 heteroatoms. The third-order valence-corrected chi connectivity index (χ3v) is 4.78. The molecule has 0 spiro atoms. The van der Waals surface area contributed by atoms with Crippen molar-refractivity contribution in [3.05, 3.63) is 30.0 Å². The first kappa shape index (κ1) is 12.8. The Morgan fingerprint density at radius 1 is 1.26 bits per heavy atom. The van der Waals surface area contributed by atoms with Gasteiger partial charge in [-0.1, -0.05) is 0 Å². The second-order valence-corrected chi connectivity index (χ2v) is 6.31. The molecule has 0 unspecified atom stereocenters. The highest BCUT2D eigenvalue weighted by atomic mass is 32.2. The van der Waals surface area contributed by atoms with E-state index in [1.165, 1.54) is 10.3 Å². The van der Waals surface area contributed by atoms with Gasteiger partial charge in [0.1, 0.15) is 0 Å². The number of anilines is 1. The van der Waals surface area contributed by atoms with Crippen LogP contribution in [0, 0.1) is 6.92 Å². The predicted molar refractivity (Wildman–Crippen MR) is 80.6 cm³/mol. The van der Waals surface area contributed by atoms with Crippen LogP contribution in [0.15, 0.2) is 29.2 Å². The zero-order chi connectivity index (χ0) is 13.2. The fourth-order valence-electron chi connectivity index (χ4n) is 2.41. The second kappa shape index (κ2) is 5.39. The second-order valence-electron chi connectivity index (χ2n) is 4.97. The Labute approximate surface area is 117 Å². The molecular weight excluding hydrogens is 256 g/mol. The molecular formula is C15H18N2OS. The van der Waals surface area contributed by atoms with Crippen LogP contribution >= 0.6 is 11.8 Å². The molecule has 0 saturated carbocycles. The Morgan fingerprint density at radius 3 is 2.84 bits per heavy atom. The molecule has 1 aromatic carbocycles. The molecule has 3 rings (SSSR count). The molecule has 0 aliphatic carbocycles. The number of pyridine rings is 1. The van der Waals surface area contributed by atoms with E-state index < -0.39 is 0 Å². The molecule has 1 fully saturated rings. The standard InChI is InChI=1S/C15H18N2OS/c1-10-8-15(19-12-4-6-18-7-5-12)13-9-11(16)2-3-14(13)17-10/h2-3,8-9,12H,4-7,16H2,1H3. The van der Waals surface area contributed by atoms with Crippen molar-refractivity contribution in [1.29, 1.82) is 0 Å². The van der Waals surface area contributed by atoms with E-state index in [2.05, 4.69) is 11.1 Å². The van der Waals surface area contributed by atoms with Gasteiger partial charge in [-0.15, -0.1) is 11.8 Å². The predicted octanol–water partition coefficient (Wildman–Crippen LogP) is 3.40. The SMILES string of the molecule is Cc1cc(SC2CCOCC2)c2cc(N)ccc2n1. The van der Waals surface area contributed by atoms with Gasteiger partial charge in [-0.3, -0.25) is 4.98 Å². The van der Waals surface area contributed by atoms with Gasteiger partial charge in [0.2, 0.25) is 0 Å². The van der Waals surface area contributed by atoms with Crippen molar-refractivity contribution in [1.82, 2.24) is 4.98 Å². The van der Waals surface area contributed by atoms with E-state index in [9.17, 15) is 0 Å². The van der Waals surface area contributed by atoms with Gasteiger partial charge in [0.15, 0.2) is 0 Å². The maximum atomic E-state index is 5.91. The number of nitrogens with zero attached hydrogens (tertiary/aromatic N) is 1. The lowest BCUT2D eigenvalue weighted by Crippen LogP contribution is -2.17. The van der Waals surface area contributed by atoms with Gasteiger partial charge in [-0.05, 0) is 44.0 Å². The highest BCUT2D eigenvalue weighted by molar-refractivity contribution is 8.00. The van der Waals surface area contributed by atoms with E-state index in [1.54, 1.807) is 0 Å². The highest BCUT2D eigenvalue weighted by Gasteiger charge is 2.16. The maximum Gasteiger partial charge on any atom is 0.0717 e. The number of nitrogens with two attached hydrogens (primary N) is 1. The van der Waals surface area contributed by atoms with E-state index in [4.69, 9.17) is 10.5 Å². The van der Waals surface area contributed by atoms with Crippen LogP contribution < -0.4 is 5.73 Å². The Bertz CT molecular complexity index is 594. The summed E-state index contributed by atoms with van der Waals surface area (Å²) in [6, 6.07) is 8.12. The van der Waals surface area contributed by atoms with Crippen LogP contribution in [-0.2, 0) is 4.74 Å². The summed E-state index contributed by atoms with van der Waals surface area (Å²) in [5.74, 6) is 0. The minimum Gasteiger partial charge on any atom is -0.399 e. The average molecular weight is 274 g/mol. The molecule has 2 aromatic rings. The van der Waals surface area contributed by atoms with Crippen molar-refractivity contribution in [3.63, 3.8) is 0 Å². The molecule has 19 heavy (non-hydrogen) atoms. The van der Waals surface area contributed by atoms with Crippen molar-refractivity contribution in [2.24, 2.45) is 0 Å². The maximum absolute atomic E-state index is 5.91. The smallest absolute Gasteiger partial charge is 0.0717 e. The van der Waals surface area contributed by atoms with Crippen LogP contribution in [-0.4, -0.2) is 23.4 Å². The third kappa shape index (κ3) is 2.85. The topological polar surface area (TPSA) is 48.1 Å². The van der Waals surface area contributed by atoms with Crippen LogP contribution in [0.3, 0.4) is 0 Å². The molecule has 0 radical (unpaired) electrons. The number of rotatable bonds is 2. The average Bonchev–Trinajstić information content (AvgIpc) is 2.41. The Hall–Kier alpha value is -1.26. The van der Waals surface area contributed by atoms with Crippen molar-refractivity contribution in [3.8, 4) is 0 Å². The van der Waals surface area contributed by atoms with Crippen LogP contribution in [0.1, 0.15) is 18.5 Å². The van der Waals surface area contributed by atoms with Crippen LogP contribution in [0.25, 0.3) is 10.9 Å². The fourth-order valence-corrected chi connectivity index (χ4v) is 3.73. The largest absolute Gasteiger partial charge is 0.399 e. The third-order valence-electron chi connectivity index (χ3n) is 3.38. The number of aryl methyl sites for hydroxylation is 1. The van der Waals surface area contributed by atoms with Crippen molar-refractivity contribution in [2.45, 2.75) is 29.9 Å². The lowest BCUT2D eigenvalue weighted by atomic mass is 10.2. The fraction of sp³-hybridized carbons (Fsp3) is 0.400. The molecule has 1 aliphatic rings. The summed E-state index contributed by atoms with van der Waals surface area (Å²) in [7, 11) is 0. The first-order valence-electron chi connectivity index (χ1n) is 6.63. The van der Waals surface area contributed by atoms with Gasteiger partial charge in [0.25, 0.3) is 0 Å². The molecule has 1 aromatic heterocycles. The van der Waals surface area contributed by atoms with Gasteiger partial charge < -0.3 is 10.5 Å². The van der Waals surface area contributed by atoms with Crippen LogP contribution in [0.4, 0.5) is 5.69 Å². The Kier molecular flexibility index (Phi) is 3.62. The molecule has 0 bridgehead atoms. The summed E-state index contributed by atoms with van der Waals surface area (Å²) < 4.78 is 5.42. The molecule has 0 atom stereocenters. The van der Waals surface area contributed by atoms with Gasteiger partial charge in [0.05, 0.1) is 5.52 Å². The van der Waals surface area contributed by atoms with Gasteiger partial charge in [-0.25, -0.2) is 0 Å². The number of ether oxygens (including phenoxy) is 1. The molecule has 2 N–H and O–H groups in total. The zero-order valence-electron chi connectivity index (χ0n) is 11.1. The van der Waals surface area contributed by atoms with E-state index in [0.29, 0.717) is 5.25 Å². The number of aromatic nitrogens is 1. The van der Waals surface area contributed by atoms with Gasteiger partial charge in [0, 0.05) is 40.1 Å². The molecule has 0 amide bonds. The zero-order valence-corrected chi connectivity index (χ0v) is 11.9. The van der Waals surface area contributed by atoms with E-state index >= 15 is 0 Å². The minimum atomic E-state index is 0.639. The molecule has 100 valence electrons. The lowest BCUT2D eigenvalue weighted by molar-refractivity contribution is 0.100. The summed E-state index contributed by atoms with van der Waals surface area (Å²) in [5.41, 5.74) is 8.80. The number of fused-ring (bicyclic) bond motifs is 1. The van der Waals surface area contributed by atoms with Crippen LogP contribution in [0.5, 0.6) is 0 Å². The van der Waals surface area contributed by atoms with E-state index in [1.807, 2.05) is 36.9 Å². The number of thioether (sulfide) groups is 1. The first-order chi connectivity index (χ1) is 9.22. The van der Waals surface area contributed by atoms with E-state index in [-0.39, 0.29) is 0 Å². The van der Waals surface area contributed by atoms with Crippen molar-refractivity contribution < 1.29 is 4.74 Å². The van der Waals surface area contributed by atoms with Crippen LogP contribution in [0.2, 0.25) is 0 Å². The number of hydrogen-bond donors (Lipinski definition) is 1. The normalized spacial score (nSPS) is 16.9. The molecule has 3 nitrogen and oxygen atoms in total. The quantitative estimate of drug-likeness (QED) is 0.853. The summed E-state index contributed by atoms with van der Waals surface area (Å²) in [6.45, 7) is 3.80. The monoisotopic (exact) mass is 274 g/mol. The molecule has 1 aliphatic heterocycles. The number of nitrogen functional groups attached to an aromatic ring is 1. The Balaban J connectivity index is 1.98. The van der Waals surface area contributed by atoms with Gasteiger partial charge >= 0.3 is 0 Å². The minimum absolute atomic E-state index is 0.639. The molecule has 1 saturated heterocycles. The number of benzene rings is 1. The summed E-state index contributed by atoms with van der Waals surface area (Å²) in [5, 5.41) is 1.81. The first-order valence-corrected chi connectivity index (χ1v) is 7.51. The van der Waals surface area contributed by atoms with E-state index in [0.717, 1.165) is 43.0 Å². The summed E-state index contributed by atoms with van der Waals surface area (Å²) in [4.78, 5) is 5.87.